The molecule has 1 aromatic heterocycles. The van der Waals surface area contributed by atoms with Crippen molar-refractivity contribution in [2.75, 3.05) is 6.54 Å². The number of nitrogens with one attached hydrogen (secondary N) is 2. The first-order chi connectivity index (χ1) is 11.6. The van der Waals surface area contributed by atoms with E-state index in [-0.39, 0.29) is 17.9 Å². The zero-order valence-corrected chi connectivity index (χ0v) is 15.1. The molecule has 2 heterocycles. The van der Waals surface area contributed by atoms with Gasteiger partial charge in [0, 0.05) is 31.4 Å². The second-order valence-electron chi connectivity index (χ2n) is 6.67. The molecule has 0 unspecified atom stereocenters. The van der Waals surface area contributed by atoms with Crippen LogP contribution in [0.2, 0.25) is 0 Å². The Morgan fingerprint density at radius 2 is 2.00 bits per heavy atom. The number of carbonyl (C=O) groups is 2. The van der Waals surface area contributed by atoms with Crippen molar-refractivity contribution in [2.24, 2.45) is 0 Å². The second-order valence-corrected chi connectivity index (χ2v) is 8.38. The van der Waals surface area contributed by atoms with E-state index in [2.05, 4.69) is 15.0 Å². The van der Waals surface area contributed by atoms with Gasteiger partial charge in [-0.05, 0) is 32.9 Å². The van der Waals surface area contributed by atoms with Gasteiger partial charge in [0.05, 0.1) is 4.90 Å². The molecule has 10 heteroatoms. The Morgan fingerprint density at radius 1 is 1.36 bits per heavy atom. The van der Waals surface area contributed by atoms with Gasteiger partial charge < -0.3 is 10.1 Å². The molecule has 138 valence electrons. The van der Waals surface area contributed by atoms with Gasteiger partial charge in [-0.2, -0.15) is 0 Å². The average molecular weight is 370 g/mol. The summed E-state index contributed by atoms with van der Waals surface area (Å²) in [6, 6.07) is 2.21. The molecule has 0 spiro atoms. The summed E-state index contributed by atoms with van der Waals surface area (Å²) in [5.74, 6) is 0. The Bertz CT molecular complexity index is 717. The predicted octanol–water partition coefficient (Wildman–Crippen LogP) is 0.441. The van der Waals surface area contributed by atoms with Gasteiger partial charge in [0.15, 0.2) is 0 Å². The van der Waals surface area contributed by atoms with Crippen LogP contribution in [0, 0.1) is 0 Å². The van der Waals surface area contributed by atoms with Gasteiger partial charge in [-0.3, -0.25) is 14.7 Å². The van der Waals surface area contributed by atoms with Crippen molar-refractivity contribution in [1.29, 1.82) is 0 Å². The number of rotatable bonds is 5. The molecule has 1 aromatic rings. The van der Waals surface area contributed by atoms with Crippen molar-refractivity contribution < 1.29 is 22.7 Å². The minimum Gasteiger partial charge on any atom is -0.444 e. The van der Waals surface area contributed by atoms with Gasteiger partial charge in [-0.25, -0.2) is 17.9 Å². The molecule has 0 saturated carbocycles. The van der Waals surface area contributed by atoms with Crippen LogP contribution in [0.4, 0.5) is 4.79 Å². The quantitative estimate of drug-likeness (QED) is 0.726. The summed E-state index contributed by atoms with van der Waals surface area (Å²) in [7, 11) is -3.75. The molecule has 0 radical (unpaired) electrons. The third kappa shape index (κ3) is 5.13. The number of aromatic nitrogens is 1. The highest BCUT2D eigenvalue weighted by Crippen LogP contribution is 2.21. The smallest absolute Gasteiger partial charge is 0.411 e. The van der Waals surface area contributed by atoms with Crippen molar-refractivity contribution >= 4 is 22.5 Å². The minimum atomic E-state index is -3.75. The maximum atomic E-state index is 12.4. The number of sulfonamides is 1. The highest BCUT2D eigenvalue weighted by Gasteiger charge is 2.39. The summed E-state index contributed by atoms with van der Waals surface area (Å²) in [5, 5.41) is 2.52. The molecule has 9 nitrogen and oxygen atoms in total. The second kappa shape index (κ2) is 7.36. The van der Waals surface area contributed by atoms with E-state index in [1.165, 1.54) is 29.4 Å². The van der Waals surface area contributed by atoms with Crippen LogP contribution in [0.3, 0.4) is 0 Å². The van der Waals surface area contributed by atoms with E-state index in [0.717, 1.165) is 0 Å². The van der Waals surface area contributed by atoms with Crippen LogP contribution in [0.15, 0.2) is 29.4 Å². The first kappa shape index (κ1) is 19.1. The van der Waals surface area contributed by atoms with Crippen LogP contribution < -0.4 is 10.0 Å². The van der Waals surface area contributed by atoms with Gasteiger partial charge in [0.25, 0.3) is 0 Å². The van der Waals surface area contributed by atoms with E-state index in [1.807, 2.05) is 0 Å². The summed E-state index contributed by atoms with van der Waals surface area (Å²) < 4.78 is 32.6. The van der Waals surface area contributed by atoms with E-state index in [4.69, 9.17) is 4.74 Å². The van der Waals surface area contributed by atoms with Gasteiger partial charge >= 0.3 is 6.09 Å². The molecule has 1 saturated heterocycles. The fraction of sp³-hybridized carbons (Fsp3) is 0.533. The standard InChI is InChI=1S/C15H22N4O5S/c1-15(2,3)24-14(21)19-9-11(8-13(19)17-10-20)18-25(22,23)12-4-6-16-7-5-12/h4-7,10-11,13,18H,8-9H2,1-3H3,(H,17,20)/t11-,13+/m1/s1. The van der Waals surface area contributed by atoms with Gasteiger partial charge in [0.2, 0.25) is 16.4 Å². The van der Waals surface area contributed by atoms with Crippen molar-refractivity contribution in [1.82, 2.24) is 19.9 Å². The van der Waals surface area contributed by atoms with E-state index in [9.17, 15) is 18.0 Å². The van der Waals surface area contributed by atoms with Crippen molar-refractivity contribution in [2.45, 2.75) is 49.9 Å². The Morgan fingerprint density at radius 3 is 2.56 bits per heavy atom. The molecular formula is C15H22N4O5S. The minimum absolute atomic E-state index is 0.0816. The Kier molecular flexibility index (Phi) is 5.63. The van der Waals surface area contributed by atoms with Crippen LogP contribution in [0.5, 0.6) is 0 Å². The zero-order chi connectivity index (χ0) is 18.7. The number of pyridine rings is 1. The van der Waals surface area contributed by atoms with Crippen molar-refractivity contribution in [3.8, 4) is 0 Å². The summed E-state index contributed by atoms with van der Waals surface area (Å²) in [4.78, 5) is 28.3. The molecule has 0 aliphatic carbocycles. The van der Waals surface area contributed by atoms with Crippen LogP contribution in [-0.4, -0.2) is 55.2 Å². The normalized spacial score (nSPS) is 21.0. The third-order valence-corrected chi connectivity index (χ3v) is 5.01. The van der Waals surface area contributed by atoms with Crippen LogP contribution in [0.1, 0.15) is 27.2 Å². The lowest BCUT2D eigenvalue weighted by molar-refractivity contribution is -0.110. The van der Waals surface area contributed by atoms with E-state index in [0.29, 0.717) is 6.41 Å². The monoisotopic (exact) mass is 370 g/mol. The molecule has 1 aliphatic heterocycles. The summed E-state index contributed by atoms with van der Waals surface area (Å²) in [5.41, 5.74) is -0.697. The number of amides is 2. The number of nitrogens with zero attached hydrogens (tertiary/aromatic N) is 2. The molecule has 2 N–H and O–H groups in total. The lowest BCUT2D eigenvalue weighted by Crippen LogP contribution is -2.46. The molecule has 1 aliphatic rings. The third-order valence-electron chi connectivity index (χ3n) is 3.47. The van der Waals surface area contributed by atoms with Crippen molar-refractivity contribution in [3.05, 3.63) is 24.5 Å². The SMILES string of the molecule is CC(C)(C)OC(=O)N1C[C@H](NS(=O)(=O)c2ccncc2)C[C@H]1NC=O. The molecule has 0 aromatic carbocycles. The summed E-state index contributed by atoms with van der Waals surface area (Å²) in [6.45, 7) is 5.27. The van der Waals surface area contributed by atoms with E-state index in [1.54, 1.807) is 20.8 Å². The number of hydrogen-bond donors (Lipinski definition) is 2. The molecule has 2 amide bonds. The molecule has 1 fully saturated rings. The highest BCUT2D eigenvalue weighted by atomic mass is 32.2. The van der Waals surface area contributed by atoms with Gasteiger partial charge in [-0.1, -0.05) is 0 Å². The first-order valence-electron chi connectivity index (χ1n) is 7.74. The number of carbonyl (C=O) groups excluding carboxylic acids is 2. The average Bonchev–Trinajstić information content (AvgIpc) is 2.89. The molecule has 2 rings (SSSR count). The van der Waals surface area contributed by atoms with Crippen LogP contribution >= 0.6 is 0 Å². The lowest BCUT2D eigenvalue weighted by atomic mass is 10.2. The number of hydrogen-bond acceptors (Lipinski definition) is 6. The first-order valence-corrected chi connectivity index (χ1v) is 9.22. The Balaban J connectivity index is 2.11. The van der Waals surface area contributed by atoms with E-state index < -0.39 is 33.9 Å². The molecule has 2 atom stereocenters. The zero-order valence-electron chi connectivity index (χ0n) is 14.3. The maximum absolute atomic E-state index is 12.4. The van der Waals surface area contributed by atoms with E-state index >= 15 is 0 Å². The van der Waals surface area contributed by atoms with Gasteiger partial charge in [0.1, 0.15) is 11.8 Å². The Hall–Kier alpha value is -2.20. The fourth-order valence-corrected chi connectivity index (χ4v) is 3.71. The lowest BCUT2D eigenvalue weighted by Gasteiger charge is -2.28. The fourth-order valence-electron chi connectivity index (χ4n) is 2.49. The molecular weight excluding hydrogens is 348 g/mol. The Labute approximate surface area is 146 Å². The number of ether oxygens (including phenoxy) is 1. The van der Waals surface area contributed by atoms with Crippen molar-refractivity contribution in [3.63, 3.8) is 0 Å². The van der Waals surface area contributed by atoms with Crippen LogP contribution in [-0.2, 0) is 19.6 Å². The molecule has 25 heavy (non-hydrogen) atoms. The summed E-state index contributed by atoms with van der Waals surface area (Å²) in [6.07, 6.45) is 2.22. The topological polar surface area (TPSA) is 118 Å². The molecule has 0 bridgehead atoms. The number of likely N-dealkylation sites (tertiary alicyclic amines) is 1. The highest BCUT2D eigenvalue weighted by molar-refractivity contribution is 7.89. The maximum Gasteiger partial charge on any atom is 0.411 e. The van der Waals surface area contributed by atoms with Gasteiger partial charge in [-0.15, -0.1) is 0 Å². The largest absolute Gasteiger partial charge is 0.444 e. The predicted molar refractivity (Wildman–Crippen MR) is 88.9 cm³/mol. The van der Waals surface area contributed by atoms with Crippen LogP contribution in [0.25, 0.3) is 0 Å². The summed E-state index contributed by atoms with van der Waals surface area (Å²) >= 11 is 0.